The van der Waals surface area contributed by atoms with E-state index >= 15 is 0 Å². The highest BCUT2D eigenvalue weighted by Crippen LogP contribution is 2.19. The normalized spacial score (nSPS) is 14.7. The molecule has 2 aromatic rings. The van der Waals surface area contributed by atoms with Gasteiger partial charge in [0.1, 0.15) is 0 Å². The van der Waals surface area contributed by atoms with E-state index in [-0.39, 0.29) is 11.5 Å². The molecule has 1 saturated heterocycles. The Hall–Kier alpha value is -2.41. The van der Waals surface area contributed by atoms with E-state index < -0.39 is 5.97 Å². The van der Waals surface area contributed by atoms with Crippen LogP contribution in [-0.4, -0.2) is 53.0 Å². The summed E-state index contributed by atoms with van der Waals surface area (Å²) in [5.41, 5.74) is 1.25. The van der Waals surface area contributed by atoms with Gasteiger partial charge in [-0.1, -0.05) is 12.1 Å². The predicted molar refractivity (Wildman–Crippen MR) is 92.6 cm³/mol. The third-order valence-corrected chi connectivity index (χ3v) is 4.98. The molecule has 3 rings (SSSR count). The van der Waals surface area contributed by atoms with Crippen LogP contribution in [0.25, 0.3) is 0 Å². The number of nitrogens with zero attached hydrogens (tertiary/aromatic N) is 3. The average molecular weight is 345 g/mol. The minimum Gasteiger partial charge on any atom is -0.478 e. The SMILES string of the molecule is O=C(O)c1ccc(CCC(=O)N2CCN(c3nccs3)CC2)cc1. The standard InChI is InChI=1S/C17H19N3O3S/c21-15(6-3-13-1-4-14(5-2-13)16(22)23)19-8-10-20(11-9-19)17-18-7-12-24-17/h1-2,4-5,7,12H,3,6,8-11H2,(H,22,23). The van der Waals surface area contributed by atoms with Crippen molar-refractivity contribution in [2.45, 2.75) is 12.8 Å². The number of hydrogen-bond donors (Lipinski definition) is 1. The molecule has 1 N–H and O–H groups in total. The van der Waals surface area contributed by atoms with Gasteiger partial charge in [0.05, 0.1) is 5.56 Å². The van der Waals surface area contributed by atoms with Crippen LogP contribution in [0.3, 0.4) is 0 Å². The molecule has 0 atom stereocenters. The summed E-state index contributed by atoms with van der Waals surface area (Å²) in [6.07, 6.45) is 2.88. The number of piperazine rings is 1. The maximum atomic E-state index is 12.3. The number of carbonyl (C=O) groups is 2. The molecule has 0 aliphatic carbocycles. The van der Waals surface area contributed by atoms with Crippen molar-refractivity contribution >= 4 is 28.3 Å². The Bertz CT molecular complexity index is 692. The highest BCUT2D eigenvalue weighted by Gasteiger charge is 2.22. The van der Waals surface area contributed by atoms with Gasteiger partial charge in [-0.05, 0) is 24.1 Å². The number of carboxylic acids is 1. The molecular weight excluding hydrogens is 326 g/mol. The minimum atomic E-state index is -0.935. The van der Waals surface area contributed by atoms with Gasteiger partial charge in [0.15, 0.2) is 5.13 Å². The number of benzene rings is 1. The highest BCUT2D eigenvalue weighted by molar-refractivity contribution is 7.13. The number of amides is 1. The van der Waals surface area contributed by atoms with E-state index in [0.717, 1.165) is 36.9 Å². The Morgan fingerprint density at radius 3 is 2.42 bits per heavy atom. The lowest BCUT2D eigenvalue weighted by atomic mass is 10.1. The second kappa shape index (κ2) is 7.44. The fourth-order valence-corrected chi connectivity index (χ4v) is 3.44. The number of anilines is 1. The zero-order chi connectivity index (χ0) is 16.9. The van der Waals surface area contributed by atoms with Gasteiger partial charge in [-0.2, -0.15) is 0 Å². The van der Waals surface area contributed by atoms with E-state index in [1.54, 1.807) is 41.8 Å². The van der Waals surface area contributed by atoms with E-state index in [1.165, 1.54) is 0 Å². The molecule has 1 aromatic heterocycles. The molecular formula is C17H19N3O3S. The highest BCUT2D eigenvalue weighted by atomic mass is 32.1. The van der Waals surface area contributed by atoms with Crippen molar-refractivity contribution in [3.05, 3.63) is 47.0 Å². The van der Waals surface area contributed by atoms with E-state index in [4.69, 9.17) is 5.11 Å². The average Bonchev–Trinajstić information content (AvgIpc) is 3.15. The van der Waals surface area contributed by atoms with Crippen LogP contribution in [0.4, 0.5) is 5.13 Å². The number of hydrogen-bond acceptors (Lipinski definition) is 5. The van der Waals surface area contributed by atoms with Gasteiger partial charge < -0.3 is 14.9 Å². The Morgan fingerprint density at radius 2 is 1.83 bits per heavy atom. The summed E-state index contributed by atoms with van der Waals surface area (Å²) in [7, 11) is 0. The topological polar surface area (TPSA) is 73.7 Å². The molecule has 0 unspecified atom stereocenters. The summed E-state index contributed by atoms with van der Waals surface area (Å²) >= 11 is 1.62. The molecule has 0 radical (unpaired) electrons. The molecule has 2 heterocycles. The van der Waals surface area contributed by atoms with Gasteiger partial charge in [0.25, 0.3) is 0 Å². The molecule has 1 aliphatic rings. The monoisotopic (exact) mass is 345 g/mol. The van der Waals surface area contributed by atoms with E-state index in [9.17, 15) is 9.59 Å². The molecule has 0 spiro atoms. The van der Waals surface area contributed by atoms with Gasteiger partial charge >= 0.3 is 5.97 Å². The largest absolute Gasteiger partial charge is 0.478 e. The Labute approximate surface area is 144 Å². The summed E-state index contributed by atoms with van der Waals surface area (Å²) in [5.74, 6) is -0.785. The molecule has 0 saturated carbocycles. The Balaban J connectivity index is 1.46. The molecule has 24 heavy (non-hydrogen) atoms. The minimum absolute atomic E-state index is 0.149. The number of carbonyl (C=O) groups excluding carboxylic acids is 1. The first-order chi connectivity index (χ1) is 11.6. The molecule has 6 nitrogen and oxygen atoms in total. The van der Waals surface area contributed by atoms with Gasteiger partial charge in [0, 0.05) is 44.2 Å². The third-order valence-electron chi connectivity index (χ3n) is 4.15. The zero-order valence-electron chi connectivity index (χ0n) is 13.2. The molecule has 7 heteroatoms. The van der Waals surface area contributed by atoms with Gasteiger partial charge in [-0.3, -0.25) is 4.79 Å². The lowest BCUT2D eigenvalue weighted by molar-refractivity contribution is -0.131. The maximum Gasteiger partial charge on any atom is 0.335 e. The van der Waals surface area contributed by atoms with Crippen molar-refractivity contribution in [2.75, 3.05) is 31.1 Å². The van der Waals surface area contributed by atoms with Crippen LogP contribution < -0.4 is 4.90 Å². The van der Waals surface area contributed by atoms with Crippen LogP contribution in [0.1, 0.15) is 22.3 Å². The molecule has 0 bridgehead atoms. The van der Waals surface area contributed by atoms with Crippen molar-refractivity contribution < 1.29 is 14.7 Å². The molecule has 126 valence electrons. The number of rotatable bonds is 5. The predicted octanol–water partition coefficient (Wildman–Crippen LogP) is 2.12. The van der Waals surface area contributed by atoms with Crippen LogP contribution in [0, 0.1) is 0 Å². The molecule has 1 fully saturated rings. The number of thiazole rings is 1. The summed E-state index contributed by atoms with van der Waals surface area (Å²) < 4.78 is 0. The maximum absolute atomic E-state index is 12.3. The second-order valence-electron chi connectivity index (χ2n) is 5.68. The fraction of sp³-hybridized carbons (Fsp3) is 0.353. The molecule has 1 amide bonds. The first kappa shape index (κ1) is 16.4. The van der Waals surface area contributed by atoms with Crippen LogP contribution >= 0.6 is 11.3 Å². The summed E-state index contributed by atoms with van der Waals surface area (Å²) in [4.78, 5) is 31.6. The summed E-state index contributed by atoms with van der Waals surface area (Å²) in [6.45, 7) is 3.06. The van der Waals surface area contributed by atoms with Gasteiger partial charge in [-0.25, -0.2) is 9.78 Å². The number of aryl methyl sites for hydroxylation is 1. The van der Waals surface area contributed by atoms with Crippen LogP contribution in [0.15, 0.2) is 35.8 Å². The smallest absolute Gasteiger partial charge is 0.335 e. The number of aromatic carboxylic acids is 1. The Morgan fingerprint density at radius 1 is 1.12 bits per heavy atom. The van der Waals surface area contributed by atoms with Crippen molar-refractivity contribution in [1.82, 2.24) is 9.88 Å². The third kappa shape index (κ3) is 3.91. The first-order valence-electron chi connectivity index (χ1n) is 7.88. The fourth-order valence-electron chi connectivity index (χ4n) is 2.74. The van der Waals surface area contributed by atoms with Gasteiger partial charge in [0.2, 0.25) is 5.91 Å². The van der Waals surface area contributed by atoms with Crippen molar-refractivity contribution in [3.63, 3.8) is 0 Å². The van der Waals surface area contributed by atoms with E-state index in [2.05, 4.69) is 9.88 Å². The summed E-state index contributed by atoms with van der Waals surface area (Å²) in [5, 5.41) is 11.9. The number of aromatic nitrogens is 1. The number of carboxylic acid groups (broad SMARTS) is 1. The lowest BCUT2D eigenvalue weighted by Crippen LogP contribution is -2.48. The van der Waals surface area contributed by atoms with Crippen LogP contribution in [0.2, 0.25) is 0 Å². The first-order valence-corrected chi connectivity index (χ1v) is 8.76. The zero-order valence-corrected chi connectivity index (χ0v) is 14.0. The van der Waals surface area contributed by atoms with Gasteiger partial charge in [-0.15, -0.1) is 11.3 Å². The van der Waals surface area contributed by atoms with Crippen molar-refractivity contribution in [2.24, 2.45) is 0 Å². The van der Waals surface area contributed by atoms with Crippen molar-refractivity contribution in [3.8, 4) is 0 Å². The second-order valence-corrected chi connectivity index (χ2v) is 6.56. The molecule has 1 aromatic carbocycles. The summed E-state index contributed by atoms with van der Waals surface area (Å²) in [6, 6.07) is 6.71. The lowest BCUT2D eigenvalue weighted by Gasteiger charge is -2.34. The molecule has 1 aliphatic heterocycles. The van der Waals surface area contributed by atoms with E-state index in [1.807, 2.05) is 10.3 Å². The van der Waals surface area contributed by atoms with E-state index in [0.29, 0.717) is 12.8 Å². The quantitative estimate of drug-likeness (QED) is 0.898. The Kier molecular flexibility index (Phi) is 5.10. The van der Waals surface area contributed by atoms with Crippen LogP contribution in [0.5, 0.6) is 0 Å². The van der Waals surface area contributed by atoms with Crippen LogP contribution in [-0.2, 0) is 11.2 Å². The van der Waals surface area contributed by atoms with Crippen molar-refractivity contribution in [1.29, 1.82) is 0 Å².